The molecule has 1 aromatic rings. The van der Waals surface area contributed by atoms with Gasteiger partial charge in [-0.3, -0.25) is 0 Å². The van der Waals surface area contributed by atoms with Gasteiger partial charge in [0.15, 0.2) is 0 Å². The predicted octanol–water partition coefficient (Wildman–Crippen LogP) is 3.14. The number of halogens is 3. The lowest BCUT2D eigenvalue weighted by atomic mass is 10.1. The Bertz CT molecular complexity index is 436. The van der Waals surface area contributed by atoms with Crippen molar-refractivity contribution in [1.82, 2.24) is 5.32 Å². The first-order chi connectivity index (χ1) is 7.66. The highest BCUT2D eigenvalue weighted by atomic mass is 35.5. The van der Waals surface area contributed by atoms with E-state index < -0.39 is 0 Å². The largest absolute Gasteiger partial charge is 0.363 e. The van der Waals surface area contributed by atoms with Crippen LogP contribution >= 0.6 is 35.6 Å². The van der Waals surface area contributed by atoms with Crippen LogP contribution in [0.25, 0.3) is 0 Å². The summed E-state index contributed by atoms with van der Waals surface area (Å²) in [6.07, 6.45) is 1.03. The van der Waals surface area contributed by atoms with Gasteiger partial charge in [0.05, 0.1) is 0 Å². The second-order valence-electron chi connectivity index (χ2n) is 4.66. The molecule has 2 atom stereocenters. The van der Waals surface area contributed by atoms with Crippen LogP contribution in [-0.4, -0.2) is 25.2 Å². The van der Waals surface area contributed by atoms with Gasteiger partial charge in [0, 0.05) is 40.9 Å². The number of hydrogen-bond donors (Lipinski definition) is 1. The Morgan fingerprint density at radius 1 is 1.29 bits per heavy atom. The molecule has 0 amide bonds. The Morgan fingerprint density at radius 2 is 2.06 bits per heavy atom. The maximum atomic E-state index is 6.26. The van der Waals surface area contributed by atoms with Crippen LogP contribution in [-0.2, 0) is 6.42 Å². The van der Waals surface area contributed by atoms with E-state index in [0.29, 0.717) is 12.1 Å². The highest BCUT2D eigenvalue weighted by molar-refractivity contribution is 6.35. The zero-order chi connectivity index (χ0) is 11.3. The third kappa shape index (κ3) is 2.12. The Labute approximate surface area is 118 Å². The fourth-order valence-corrected chi connectivity index (χ4v) is 3.44. The lowest BCUT2D eigenvalue weighted by Gasteiger charge is -2.38. The van der Waals surface area contributed by atoms with Crippen molar-refractivity contribution >= 4 is 41.3 Å². The molecule has 0 saturated carbocycles. The van der Waals surface area contributed by atoms with E-state index in [1.54, 1.807) is 0 Å². The molecule has 1 aromatic carbocycles. The number of fused-ring (bicyclic) bond motifs is 3. The average Bonchev–Trinajstić information content (AvgIpc) is 2.58. The Hall–Kier alpha value is -0.150. The molecule has 1 fully saturated rings. The summed E-state index contributed by atoms with van der Waals surface area (Å²) in [5.74, 6) is 0. The van der Waals surface area contributed by atoms with E-state index in [1.807, 2.05) is 12.1 Å². The van der Waals surface area contributed by atoms with Crippen molar-refractivity contribution in [3.63, 3.8) is 0 Å². The summed E-state index contributed by atoms with van der Waals surface area (Å²) in [6.45, 7) is 4.30. The van der Waals surface area contributed by atoms with Crippen LogP contribution in [0.15, 0.2) is 12.1 Å². The SMILES string of the molecule is CC1CNC[C@@H]2Cc3c(Cl)cc(Cl)cc3N12.Cl. The summed E-state index contributed by atoms with van der Waals surface area (Å²) in [5, 5.41) is 5.00. The van der Waals surface area contributed by atoms with Crippen molar-refractivity contribution in [2.45, 2.75) is 25.4 Å². The lowest BCUT2D eigenvalue weighted by Crippen LogP contribution is -2.54. The van der Waals surface area contributed by atoms with Crippen LogP contribution in [0.3, 0.4) is 0 Å². The standard InChI is InChI=1S/C12H14Cl2N2.ClH/c1-7-5-15-6-9-4-10-11(14)2-8(13)3-12(10)16(7)9;/h2-3,7,9,15H,4-6H2,1H3;1H/t7?,9-;/m0./s1. The number of anilines is 1. The minimum atomic E-state index is 0. The summed E-state index contributed by atoms with van der Waals surface area (Å²) >= 11 is 12.3. The van der Waals surface area contributed by atoms with Gasteiger partial charge in [0.2, 0.25) is 0 Å². The van der Waals surface area contributed by atoms with Crippen molar-refractivity contribution in [2.24, 2.45) is 0 Å². The molecular formula is C12H15Cl3N2. The van der Waals surface area contributed by atoms with Crippen LogP contribution in [0.4, 0.5) is 5.69 Å². The Morgan fingerprint density at radius 3 is 2.82 bits per heavy atom. The monoisotopic (exact) mass is 292 g/mol. The van der Waals surface area contributed by atoms with Crippen molar-refractivity contribution in [2.75, 3.05) is 18.0 Å². The van der Waals surface area contributed by atoms with E-state index in [4.69, 9.17) is 23.2 Å². The van der Waals surface area contributed by atoms with Crippen molar-refractivity contribution in [3.05, 3.63) is 27.7 Å². The summed E-state index contributed by atoms with van der Waals surface area (Å²) in [7, 11) is 0. The number of rotatable bonds is 0. The van der Waals surface area contributed by atoms with E-state index >= 15 is 0 Å². The molecule has 0 bridgehead atoms. The molecule has 1 unspecified atom stereocenters. The molecule has 1 N–H and O–H groups in total. The van der Waals surface area contributed by atoms with Crippen LogP contribution in [0.5, 0.6) is 0 Å². The fourth-order valence-electron chi connectivity index (χ4n) is 2.88. The lowest BCUT2D eigenvalue weighted by molar-refractivity contribution is 0.430. The molecule has 2 aliphatic rings. The minimum absolute atomic E-state index is 0. The highest BCUT2D eigenvalue weighted by Gasteiger charge is 2.36. The zero-order valence-electron chi connectivity index (χ0n) is 9.54. The van der Waals surface area contributed by atoms with Gasteiger partial charge in [-0.25, -0.2) is 0 Å². The molecule has 17 heavy (non-hydrogen) atoms. The fraction of sp³-hybridized carbons (Fsp3) is 0.500. The summed E-state index contributed by atoms with van der Waals surface area (Å²) in [5.41, 5.74) is 2.49. The molecule has 0 spiro atoms. The van der Waals surface area contributed by atoms with Crippen LogP contribution < -0.4 is 10.2 Å². The number of nitrogens with zero attached hydrogens (tertiary/aromatic N) is 1. The number of hydrogen-bond acceptors (Lipinski definition) is 2. The molecule has 0 aromatic heterocycles. The number of nitrogens with one attached hydrogen (secondary N) is 1. The quantitative estimate of drug-likeness (QED) is 0.790. The molecule has 5 heteroatoms. The van der Waals surface area contributed by atoms with Gasteiger partial charge in [-0.2, -0.15) is 0 Å². The first kappa shape index (κ1) is 13.3. The molecule has 0 aliphatic carbocycles. The maximum absolute atomic E-state index is 6.26. The molecule has 3 rings (SSSR count). The van der Waals surface area contributed by atoms with E-state index in [2.05, 4.69) is 17.1 Å². The van der Waals surface area contributed by atoms with Gasteiger partial charge in [-0.1, -0.05) is 23.2 Å². The molecule has 2 nitrogen and oxygen atoms in total. The normalized spacial score (nSPS) is 26.2. The Balaban J connectivity index is 0.00000108. The van der Waals surface area contributed by atoms with Gasteiger partial charge < -0.3 is 10.2 Å². The molecule has 2 heterocycles. The molecule has 2 aliphatic heterocycles. The second-order valence-corrected chi connectivity index (χ2v) is 5.50. The molecular weight excluding hydrogens is 279 g/mol. The summed E-state index contributed by atoms with van der Waals surface area (Å²) < 4.78 is 0. The van der Waals surface area contributed by atoms with Crippen molar-refractivity contribution in [1.29, 1.82) is 0 Å². The second kappa shape index (κ2) is 4.85. The van der Waals surface area contributed by atoms with E-state index in [-0.39, 0.29) is 12.4 Å². The third-order valence-electron chi connectivity index (χ3n) is 3.54. The third-order valence-corrected chi connectivity index (χ3v) is 4.10. The summed E-state index contributed by atoms with van der Waals surface area (Å²) in [4.78, 5) is 2.46. The van der Waals surface area contributed by atoms with Crippen molar-refractivity contribution in [3.8, 4) is 0 Å². The number of piperazine rings is 1. The Kier molecular flexibility index (Phi) is 3.79. The van der Waals surface area contributed by atoms with Gasteiger partial charge in [-0.05, 0) is 31.0 Å². The smallest absolute Gasteiger partial charge is 0.0474 e. The van der Waals surface area contributed by atoms with Gasteiger partial charge in [0.1, 0.15) is 0 Å². The number of benzene rings is 1. The van der Waals surface area contributed by atoms with Gasteiger partial charge >= 0.3 is 0 Å². The van der Waals surface area contributed by atoms with E-state index in [0.717, 1.165) is 29.6 Å². The molecule has 0 radical (unpaired) electrons. The first-order valence-electron chi connectivity index (χ1n) is 5.64. The predicted molar refractivity (Wildman–Crippen MR) is 76.0 cm³/mol. The highest BCUT2D eigenvalue weighted by Crippen LogP contribution is 2.40. The zero-order valence-corrected chi connectivity index (χ0v) is 11.9. The van der Waals surface area contributed by atoms with E-state index in [1.165, 1.54) is 11.3 Å². The average molecular weight is 294 g/mol. The van der Waals surface area contributed by atoms with Crippen LogP contribution in [0, 0.1) is 0 Å². The molecule has 94 valence electrons. The van der Waals surface area contributed by atoms with Gasteiger partial charge in [0.25, 0.3) is 0 Å². The van der Waals surface area contributed by atoms with E-state index in [9.17, 15) is 0 Å². The maximum Gasteiger partial charge on any atom is 0.0474 e. The van der Waals surface area contributed by atoms with Crippen LogP contribution in [0.1, 0.15) is 12.5 Å². The van der Waals surface area contributed by atoms with Gasteiger partial charge in [-0.15, -0.1) is 12.4 Å². The topological polar surface area (TPSA) is 15.3 Å². The summed E-state index contributed by atoms with van der Waals surface area (Å²) in [6, 6.07) is 4.94. The van der Waals surface area contributed by atoms with Crippen LogP contribution in [0.2, 0.25) is 10.0 Å². The first-order valence-corrected chi connectivity index (χ1v) is 6.39. The molecule has 1 saturated heterocycles. The van der Waals surface area contributed by atoms with Crippen molar-refractivity contribution < 1.29 is 0 Å². The minimum Gasteiger partial charge on any atom is -0.363 e.